The molecule has 0 aliphatic rings. The highest BCUT2D eigenvalue weighted by molar-refractivity contribution is 5.84. The van der Waals surface area contributed by atoms with E-state index in [4.69, 9.17) is 4.74 Å². The third-order valence-corrected chi connectivity index (χ3v) is 2.16. The Hall–Kier alpha value is -1.97. The summed E-state index contributed by atoms with van der Waals surface area (Å²) in [6.07, 6.45) is 1.23. The molecular weight excluding hydrogens is 218 g/mol. The molecule has 1 N–H and O–H groups in total. The van der Waals surface area contributed by atoms with Gasteiger partial charge in [-0.15, -0.1) is 0 Å². The zero-order valence-corrected chi connectivity index (χ0v) is 10.3. The molecule has 4 nitrogen and oxygen atoms in total. The largest absolute Gasteiger partial charge is 0.484 e. The van der Waals surface area contributed by atoms with Gasteiger partial charge in [0.2, 0.25) is 0 Å². The van der Waals surface area contributed by atoms with E-state index in [0.717, 1.165) is 0 Å². The van der Waals surface area contributed by atoms with Crippen molar-refractivity contribution in [3.05, 3.63) is 36.9 Å². The van der Waals surface area contributed by atoms with Crippen LogP contribution in [0, 0.1) is 0 Å². The third-order valence-electron chi connectivity index (χ3n) is 2.16. The first-order chi connectivity index (χ1) is 7.96. The molecule has 0 heterocycles. The molecule has 17 heavy (non-hydrogen) atoms. The average molecular weight is 235 g/mol. The second-order valence-corrected chi connectivity index (χ2v) is 4.05. The minimum atomic E-state index is -0.495. The van der Waals surface area contributed by atoms with Crippen molar-refractivity contribution in [1.29, 1.82) is 0 Å². The maximum atomic E-state index is 11.0. The van der Waals surface area contributed by atoms with Crippen LogP contribution in [-0.2, 0) is 4.74 Å². The first-order valence-electron chi connectivity index (χ1n) is 5.24. The van der Waals surface area contributed by atoms with Crippen LogP contribution >= 0.6 is 0 Å². The minimum Gasteiger partial charge on any atom is -0.484 e. The Balaban J connectivity index is 2.68. The van der Waals surface area contributed by atoms with Gasteiger partial charge in [-0.25, -0.2) is 4.79 Å². The summed E-state index contributed by atoms with van der Waals surface area (Å²) in [6, 6.07) is 7.03. The van der Waals surface area contributed by atoms with Gasteiger partial charge < -0.3 is 9.47 Å². The number of hydrogen-bond donors (Lipinski definition) is 1. The van der Waals surface area contributed by atoms with E-state index in [-0.39, 0.29) is 0 Å². The van der Waals surface area contributed by atoms with Gasteiger partial charge in [0.15, 0.2) is 0 Å². The molecule has 0 aliphatic carbocycles. The highest BCUT2D eigenvalue weighted by Crippen LogP contribution is 2.21. The van der Waals surface area contributed by atoms with Crippen LogP contribution in [0.3, 0.4) is 0 Å². The van der Waals surface area contributed by atoms with Crippen molar-refractivity contribution >= 4 is 11.8 Å². The van der Waals surface area contributed by atoms with E-state index in [1.807, 2.05) is 13.8 Å². The van der Waals surface area contributed by atoms with Crippen LogP contribution in [0.5, 0.6) is 5.75 Å². The van der Waals surface area contributed by atoms with Crippen LogP contribution in [0.4, 0.5) is 10.5 Å². The van der Waals surface area contributed by atoms with E-state index in [1.54, 1.807) is 30.3 Å². The van der Waals surface area contributed by atoms with Crippen LogP contribution in [0.15, 0.2) is 36.9 Å². The number of amides is 1. The van der Waals surface area contributed by atoms with Gasteiger partial charge in [0.1, 0.15) is 11.4 Å². The van der Waals surface area contributed by atoms with Crippen molar-refractivity contribution in [1.82, 2.24) is 0 Å². The summed E-state index contributed by atoms with van der Waals surface area (Å²) in [4.78, 5) is 11.0. The molecule has 1 amide bonds. The Labute approximate surface area is 101 Å². The van der Waals surface area contributed by atoms with E-state index >= 15 is 0 Å². The summed E-state index contributed by atoms with van der Waals surface area (Å²) in [5.41, 5.74) is 0.234. The molecule has 0 saturated heterocycles. The van der Waals surface area contributed by atoms with Gasteiger partial charge in [-0.2, -0.15) is 0 Å². The highest BCUT2D eigenvalue weighted by Gasteiger charge is 2.14. The third kappa shape index (κ3) is 4.18. The lowest BCUT2D eigenvalue weighted by Crippen LogP contribution is -2.24. The fourth-order valence-electron chi connectivity index (χ4n) is 1.12. The molecule has 0 fully saturated rings. The van der Waals surface area contributed by atoms with Crippen LogP contribution in [0.1, 0.15) is 13.8 Å². The Morgan fingerprint density at radius 3 is 2.41 bits per heavy atom. The van der Waals surface area contributed by atoms with Crippen molar-refractivity contribution in [3.63, 3.8) is 0 Å². The van der Waals surface area contributed by atoms with Gasteiger partial charge >= 0.3 is 6.09 Å². The Bertz CT molecular complexity index is 396. The zero-order chi connectivity index (χ0) is 12.9. The molecule has 0 radical (unpaired) electrons. The molecule has 0 unspecified atom stereocenters. The van der Waals surface area contributed by atoms with Gasteiger partial charge in [-0.05, 0) is 44.2 Å². The fourth-order valence-corrected chi connectivity index (χ4v) is 1.12. The molecule has 0 bridgehead atoms. The SMILES string of the molecule is C=CC(C)(C)Oc1ccc(NC(=O)OC)cc1. The number of hydrogen-bond acceptors (Lipinski definition) is 3. The number of rotatable bonds is 4. The summed E-state index contributed by atoms with van der Waals surface area (Å²) in [5, 5.41) is 2.56. The number of ether oxygens (including phenoxy) is 2. The fraction of sp³-hybridized carbons (Fsp3) is 0.308. The first-order valence-corrected chi connectivity index (χ1v) is 5.24. The average Bonchev–Trinajstić information content (AvgIpc) is 2.31. The molecule has 1 rings (SSSR count). The topological polar surface area (TPSA) is 47.6 Å². The predicted octanol–water partition coefficient (Wildman–Crippen LogP) is 3.21. The number of carbonyl (C=O) groups excluding carboxylic acids is 1. The summed E-state index contributed by atoms with van der Waals surface area (Å²) >= 11 is 0. The zero-order valence-electron chi connectivity index (χ0n) is 10.3. The van der Waals surface area contributed by atoms with Crippen LogP contribution in [-0.4, -0.2) is 18.8 Å². The normalized spacial score (nSPS) is 10.5. The predicted molar refractivity (Wildman–Crippen MR) is 67.4 cm³/mol. The molecule has 1 aromatic rings. The Morgan fingerprint density at radius 1 is 1.35 bits per heavy atom. The first kappa shape index (κ1) is 13.1. The van der Waals surface area contributed by atoms with Crippen molar-refractivity contribution < 1.29 is 14.3 Å². The van der Waals surface area contributed by atoms with E-state index in [1.165, 1.54) is 7.11 Å². The molecule has 4 heteroatoms. The van der Waals surface area contributed by atoms with Crippen LogP contribution in [0.2, 0.25) is 0 Å². The van der Waals surface area contributed by atoms with E-state index in [2.05, 4.69) is 16.6 Å². The lowest BCUT2D eigenvalue weighted by molar-refractivity contribution is 0.162. The summed E-state index contributed by atoms with van der Waals surface area (Å²) in [5.74, 6) is 0.713. The molecule has 0 atom stereocenters. The lowest BCUT2D eigenvalue weighted by Gasteiger charge is -2.22. The molecule has 0 aromatic heterocycles. The molecule has 92 valence electrons. The van der Waals surface area contributed by atoms with Gasteiger partial charge in [-0.1, -0.05) is 6.58 Å². The second-order valence-electron chi connectivity index (χ2n) is 4.05. The van der Waals surface area contributed by atoms with Crippen molar-refractivity contribution in [3.8, 4) is 5.75 Å². The van der Waals surface area contributed by atoms with Gasteiger partial charge in [0.25, 0.3) is 0 Å². The summed E-state index contributed by atoms with van der Waals surface area (Å²) in [6.45, 7) is 7.53. The monoisotopic (exact) mass is 235 g/mol. The second kappa shape index (κ2) is 5.39. The van der Waals surface area contributed by atoms with E-state index in [0.29, 0.717) is 11.4 Å². The minimum absolute atomic E-state index is 0.419. The molecular formula is C13H17NO3. The Morgan fingerprint density at radius 2 is 1.94 bits per heavy atom. The highest BCUT2D eigenvalue weighted by atomic mass is 16.5. The molecule has 0 saturated carbocycles. The van der Waals surface area contributed by atoms with Crippen molar-refractivity contribution in [2.45, 2.75) is 19.4 Å². The van der Waals surface area contributed by atoms with Gasteiger partial charge in [0.05, 0.1) is 7.11 Å². The summed E-state index contributed by atoms with van der Waals surface area (Å²) in [7, 11) is 1.32. The maximum Gasteiger partial charge on any atom is 0.411 e. The van der Waals surface area contributed by atoms with Crippen molar-refractivity contribution in [2.24, 2.45) is 0 Å². The molecule has 0 aliphatic heterocycles. The quantitative estimate of drug-likeness (QED) is 0.815. The lowest BCUT2D eigenvalue weighted by atomic mass is 10.1. The van der Waals surface area contributed by atoms with E-state index < -0.39 is 11.7 Å². The number of carbonyl (C=O) groups is 1. The van der Waals surface area contributed by atoms with E-state index in [9.17, 15) is 4.79 Å². The smallest absolute Gasteiger partial charge is 0.411 e. The standard InChI is InChI=1S/C13H17NO3/c1-5-13(2,3)17-11-8-6-10(7-9-11)14-12(15)16-4/h5-9H,1H2,2-4H3,(H,14,15). The number of methoxy groups -OCH3 is 1. The summed E-state index contributed by atoms with van der Waals surface area (Å²) < 4.78 is 10.2. The number of anilines is 1. The van der Waals surface area contributed by atoms with Crippen LogP contribution in [0.25, 0.3) is 0 Å². The van der Waals surface area contributed by atoms with Gasteiger partial charge in [-0.3, -0.25) is 5.32 Å². The Kier molecular flexibility index (Phi) is 4.15. The van der Waals surface area contributed by atoms with Gasteiger partial charge in [0, 0.05) is 5.69 Å². The molecule has 1 aromatic carbocycles. The number of benzene rings is 1. The van der Waals surface area contributed by atoms with Crippen molar-refractivity contribution in [2.75, 3.05) is 12.4 Å². The maximum absolute atomic E-state index is 11.0. The number of nitrogens with one attached hydrogen (secondary N) is 1. The molecule has 0 spiro atoms. The van der Waals surface area contributed by atoms with Crippen LogP contribution < -0.4 is 10.1 Å².